The maximum atomic E-state index is 13.2. The molecule has 1 unspecified atom stereocenters. The van der Waals surface area contributed by atoms with E-state index in [2.05, 4.69) is 12.1 Å². The van der Waals surface area contributed by atoms with Crippen molar-refractivity contribution in [2.75, 3.05) is 20.2 Å². The molecule has 1 saturated heterocycles. The van der Waals surface area contributed by atoms with Crippen molar-refractivity contribution in [2.45, 2.75) is 29.1 Å². The van der Waals surface area contributed by atoms with Gasteiger partial charge in [0.1, 0.15) is 5.25 Å². The van der Waals surface area contributed by atoms with E-state index < -0.39 is 0 Å². The Labute approximate surface area is 148 Å². The molecular weight excluding hydrogens is 318 g/mol. The Balaban J connectivity index is 1.78. The van der Waals surface area contributed by atoms with E-state index >= 15 is 0 Å². The number of carbonyl (C=O) groups is 1. The molecule has 126 valence electrons. The average molecular weight is 341 g/mol. The van der Waals surface area contributed by atoms with Gasteiger partial charge in [0.25, 0.3) is 0 Å². The number of nitrogens with zero attached hydrogens (tertiary/aromatic N) is 1. The zero-order valence-corrected chi connectivity index (χ0v) is 14.7. The van der Waals surface area contributed by atoms with E-state index in [1.54, 1.807) is 18.9 Å². The summed E-state index contributed by atoms with van der Waals surface area (Å²) in [6.07, 6.45) is 2.12. The van der Waals surface area contributed by atoms with Crippen LogP contribution in [0.5, 0.6) is 0 Å². The maximum absolute atomic E-state index is 13.2. The zero-order valence-electron chi connectivity index (χ0n) is 13.9. The van der Waals surface area contributed by atoms with Gasteiger partial charge in [0, 0.05) is 25.1 Å². The van der Waals surface area contributed by atoms with E-state index in [0.717, 1.165) is 36.4 Å². The van der Waals surface area contributed by atoms with Crippen molar-refractivity contribution in [3.05, 3.63) is 66.2 Å². The number of methoxy groups -OCH3 is 1. The molecule has 1 amide bonds. The molecule has 1 aliphatic heterocycles. The van der Waals surface area contributed by atoms with Gasteiger partial charge < -0.3 is 9.64 Å². The summed E-state index contributed by atoms with van der Waals surface area (Å²) < 4.78 is 5.42. The van der Waals surface area contributed by atoms with Crippen LogP contribution in [0.3, 0.4) is 0 Å². The lowest BCUT2D eigenvalue weighted by Gasteiger charge is -2.33. The molecule has 3 rings (SSSR count). The van der Waals surface area contributed by atoms with Crippen molar-refractivity contribution < 1.29 is 9.53 Å². The van der Waals surface area contributed by atoms with E-state index in [1.807, 2.05) is 53.4 Å². The Hall–Kier alpha value is -1.78. The summed E-state index contributed by atoms with van der Waals surface area (Å²) in [6.45, 7) is 1.55. The molecule has 3 nitrogen and oxygen atoms in total. The highest BCUT2D eigenvalue weighted by atomic mass is 32.2. The molecule has 0 spiro atoms. The minimum Gasteiger partial charge on any atom is -0.381 e. The topological polar surface area (TPSA) is 29.5 Å². The maximum Gasteiger partial charge on any atom is 0.240 e. The van der Waals surface area contributed by atoms with Gasteiger partial charge in [-0.3, -0.25) is 4.79 Å². The molecular formula is C20H23NO2S. The number of ether oxygens (including phenoxy) is 1. The summed E-state index contributed by atoms with van der Waals surface area (Å²) >= 11 is 1.63. The van der Waals surface area contributed by atoms with Crippen molar-refractivity contribution in [1.29, 1.82) is 0 Å². The van der Waals surface area contributed by atoms with E-state index in [-0.39, 0.29) is 17.3 Å². The van der Waals surface area contributed by atoms with Crippen molar-refractivity contribution >= 4 is 17.7 Å². The molecule has 2 aromatic carbocycles. The number of amides is 1. The van der Waals surface area contributed by atoms with Gasteiger partial charge in [-0.15, -0.1) is 11.8 Å². The first-order valence-electron chi connectivity index (χ1n) is 8.36. The molecule has 1 heterocycles. The monoisotopic (exact) mass is 341 g/mol. The molecule has 1 aliphatic rings. The fourth-order valence-corrected chi connectivity index (χ4v) is 4.13. The van der Waals surface area contributed by atoms with Gasteiger partial charge in [0.2, 0.25) is 5.91 Å². The lowest BCUT2D eigenvalue weighted by Crippen LogP contribution is -2.42. The van der Waals surface area contributed by atoms with Crippen LogP contribution in [0.4, 0.5) is 0 Å². The number of rotatable bonds is 5. The van der Waals surface area contributed by atoms with Gasteiger partial charge in [-0.25, -0.2) is 0 Å². The third kappa shape index (κ3) is 4.19. The predicted octanol–water partition coefficient (Wildman–Crippen LogP) is 4.16. The largest absolute Gasteiger partial charge is 0.381 e. The molecule has 1 fully saturated rings. The van der Waals surface area contributed by atoms with Gasteiger partial charge in [-0.1, -0.05) is 48.5 Å². The SMILES string of the molecule is COC1CCN(C(=O)C(Sc2ccccc2)c2ccccc2)CC1. The summed E-state index contributed by atoms with van der Waals surface area (Å²) in [7, 11) is 1.75. The molecule has 24 heavy (non-hydrogen) atoms. The van der Waals surface area contributed by atoms with Crippen LogP contribution in [0.2, 0.25) is 0 Å². The molecule has 0 aliphatic carbocycles. The first-order valence-corrected chi connectivity index (χ1v) is 9.24. The standard InChI is InChI=1S/C20H23NO2S/c1-23-17-12-14-21(15-13-17)20(22)19(16-8-4-2-5-9-16)24-18-10-6-3-7-11-18/h2-11,17,19H,12-15H2,1H3. The van der Waals surface area contributed by atoms with Crippen molar-refractivity contribution in [1.82, 2.24) is 4.90 Å². The molecule has 0 saturated carbocycles. The highest BCUT2D eigenvalue weighted by molar-refractivity contribution is 8.00. The van der Waals surface area contributed by atoms with E-state index in [0.29, 0.717) is 0 Å². The van der Waals surface area contributed by atoms with Gasteiger partial charge in [-0.2, -0.15) is 0 Å². The normalized spacial score (nSPS) is 16.8. The summed E-state index contributed by atoms with van der Waals surface area (Å²) in [5.41, 5.74) is 1.06. The third-order valence-corrected chi connectivity index (χ3v) is 5.66. The first kappa shape index (κ1) is 17.1. The first-order chi connectivity index (χ1) is 11.8. The fraction of sp³-hybridized carbons (Fsp3) is 0.350. The van der Waals surface area contributed by atoms with Crippen LogP contribution in [0, 0.1) is 0 Å². The van der Waals surface area contributed by atoms with Crippen LogP contribution < -0.4 is 0 Å². The predicted molar refractivity (Wildman–Crippen MR) is 98.1 cm³/mol. The van der Waals surface area contributed by atoms with E-state index in [4.69, 9.17) is 4.74 Å². The molecule has 0 N–H and O–H groups in total. The van der Waals surface area contributed by atoms with Crippen LogP contribution in [0.1, 0.15) is 23.7 Å². The molecule has 0 radical (unpaired) electrons. The second kappa shape index (κ2) is 8.36. The average Bonchev–Trinajstić information content (AvgIpc) is 2.67. The second-order valence-electron chi connectivity index (χ2n) is 5.98. The molecule has 1 atom stereocenters. The van der Waals surface area contributed by atoms with Crippen LogP contribution in [-0.4, -0.2) is 37.1 Å². The lowest BCUT2D eigenvalue weighted by atomic mass is 10.1. The Morgan fingerprint density at radius 1 is 1.04 bits per heavy atom. The van der Waals surface area contributed by atoms with Crippen LogP contribution in [-0.2, 0) is 9.53 Å². The molecule has 0 aromatic heterocycles. The number of benzene rings is 2. The molecule has 4 heteroatoms. The van der Waals surface area contributed by atoms with Gasteiger partial charge >= 0.3 is 0 Å². The van der Waals surface area contributed by atoms with Crippen molar-refractivity contribution in [2.24, 2.45) is 0 Å². The minimum atomic E-state index is -0.201. The molecule has 0 bridgehead atoms. The molecule has 2 aromatic rings. The van der Waals surface area contributed by atoms with Crippen molar-refractivity contribution in [3.63, 3.8) is 0 Å². The van der Waals surface area contributed by atoms with Crippen LogP contribution in [0.15, 0.2) is 65.6 Å². The van der Waals surface area contributed by atoms with E-state index in [1.165, 1.54) is 0 Å². The zero-order chi connectivity index (χ0) is 16.8. The number of hydrogen-bond donors (Lipinski definition) is 0. The smallest absolute Gasteiger partial charge is 0.240 e. The highest BCUT2D eigenvalue weighted by Crippen LogP contribution is 2.37. The van der Waals surface area contributed by atoms with Gasteiger partial charge in [-0.05, 0) is 30.5 Å². The highest BCUT2D eigenvalue weighted by Gasteiger charge is 2.30. The Morgan fingerprint density at radius 2 is 1.62 bits per heavy atom. The van der Waals surface area contributed by atoms with Crippen LogP contribution >= 0.6 is 11.8 Å². The number of thioether (sulfide) groups is 1. The van der Waals surface area contributed by atoms with Gasteiger partial charge in [0.15, 0.2) is 0 Å². The summed E-state index contributed by atoms with van der Waals surface area (Å²) in [5, 5.41) is -0.201. The lowest BCUT2D eigenvalue weighted by molar-refractivity contribution is -0.133. The third-order valence-electron chi connectivity index (χ3n) is 4.41. The Bertz CT molecular complexity index is 639. The van der Waals surface area contributed by atoms with Gasteiger partial charge in [0.05, 0.1) is 6.10 Å². The number of piperidine rings is 1. The summed E-state index contributed by atoms with van der Waals surface area (Å²) in [4.78, 5) is 16.3. The Kier molecular flexibility index (Phi) is 5.94. The number of carbonyl (C=O) groups excluding carboxylic acids is 1. The quantitative estimate of drug-likeness (QED) is 0.765. The minimum absolute atomic E-state index is 0.199. The number of hydrogen-bond acceptors (Lipinski definition) is 3. The number of likely N-dealkylation sites (tertiary alicyclic amines) is 1. The van der Waals surface area contributed by atoms with E-state index in [9.17, 15) is 4.79 Å². The summed E-state index contributed by atoms with van der Waals surface area (Å²) in [5.74, 6) is 0.199. The second-order valence-corrected chi connectivity index (χ2v) is 7.16. The van der Waals surface area contributed by atoms with Crippen molar-refractivity contribution in [3.8, 4) is 0 Å². The van der Waals surface area contributed by atoms with Crippen LogP contribution in [0.25, 0.3) is 0 Å². The Morgan fingerprint density at radius 3 is 2.21 bits per heavy atom. The fourth-order valence-electron chi connectivity index (χ4n) is 3.00. The summed E-state index contributed by atoms with van der Waals surface area (Å²) in [6, 6.07) is 20.2.